The smallest absolute Gasteiger partial charge is 0.242 e. The van der Waals surface area contributed by atoms with E-state index >= 15 is 0 Å². The molecule has 1 aromatic heterocycles. The van der Waals surface area contributed by atoms with Crippen LogP contribution in [-0.4, -0.2) is 19.9 Å². The van der Waals surface area contributed by atoms with Gasteiger partial charge in [0, 0.05) is 19.3 Å². The van der Waals surface area contributed by atoms with Crippen LogP contribution in [0.25, 0.3) is 0 Å². The van der Waals surface area contributed by atoms with E-state index in [-0.39, 0.29) is 17.4 Å². The zero-order chi connectivity index (χ0) is 13.8. The number of aromatic nitrogens is 1. The van der Waals surface area contributed by atoms with E-state index in [0.29, 0.717) is 18.2 Å². The molecule has 0 radical (unpaired) electrons. The molecule has 1 unspecified atom stereocenters. The fourth-order valence-electron chi connectivity index (χ4n) is 1.38. The van der Waals surface area contributed by atoms with E-state index in [0.717, 1.165) is 0 Å². The van der Waals surface area contributed by atoms with Gasteiger partial charge in [0.05, 0.1) is 5.69 Å². The maximum atomic E-state index is 12.1. The van der Waals surface area contributed by atoms with Crippen molar-refractivity contribution in [2.45, 2.75) is 32.2 Å². The molecular weight excluding hydrogens is 250 g/mol. The Kier molecular flexibility index (Phi) is 5.25. The Morgan fingerprint density at radius 3 is 2.61 bits per heavy atom. The molecule has 1 rings (SSSR count). The molecule has 6 heteroatoms. The van der Waals surface area contributed by atoms with Gasteiger partial charge >= 0.3 is 0 Å². The summed E-state index contributed by atoms with van der Waals surface area (Å²) in [5, 5.41) is 0. The summed E-state index contributed by atoms with van der Waals surface area (Å²) < 4.78 is 26.9. The monoisotopic (exact) mass is 271 g/mol. The van der Waals surface area contributed by atoms with Gasteiger partial charge in [-0.05, 0) is 24.0 Å². The number of hydrogen-bond acceptors (Lipinski definition) is 4. The molecule has 3 N–H and O–H groups in total. The Morgan fingerprint density at radius 2 is 2.06 bits per heavy atom. The third-order valence-electron chi connectivity index (χ3n) is 3.06. The standard InChI is InChI=1S/C12H21N3O2S/c1-9(2)10(3)8-15-18(16,17)12-5-4-6-14-11(12)7-13/h4-6,9-10,15H,7-8,13H2,1-3H3. The highest BCUT2D eigenvalue weighted by molar-refractivity contribution is 7.89. The van der Waals surface area contributed by atoms with E-state index in [4.69, 9.17) is 5.73 Å². The fourth-order valence-corrected chi connectivity index (χ4v) is 2.72. The molecule has 0 fully saturated rings. The van der Waals surface area contributed by atoms with Gasteiger partial charge in [-0.2, -0.15) is 0 Å². The summed E-state index contributed by atoms with van der Waals surface area (Å²) in [6, 6.07) is 3.12. The maximum absolute atomic E-state index is 12.1. The predicted molar refractivity (Wildman–Crippen MR) is 71.3 cm³/mol. The van der Waals surface area contributed by atoms with Crippen molar-refractivity contribution >= 4 is 10.0 Å². The van der Waals surface area contributed by atoms with Gasteiger partial charge in [-0.1, -0.05) is 20.8 Å². The molecule has 0 saturated heterocycles. The van der Waals surface area contributed by atoms with Gasteiger partial charge < -0.3 is 5.73 Å². The molecule has 0 aliphatic carbocycles. The number of pyridine rings is 1. The van der Waals surface area contributed by atoms with Crippen molar-refractivity contribution in [2.24, 2.45) is 17.6 Å². The van der Waals surface area contributed by atoms with Crippen LogP contribution in [0.2, 0.25) is 0 Å². The molecule has 102 valence electrons. The van der Waals surface area contributed by atoms with Gasteiger partial charge in [0.15, 0.2) is 0 Å². The molecule has 18 heavy (non-hydrogen) atoms. The molecule has 1 atom stereocenters. The average molecular weight is 271 g/mol. The van der Waals surface area contributed by atoms with Gasteiger partial charge in [0.25, 0.3) is 0 Å². The molecule has 0 aliphatic rings. The van der Waals surface area contributed by atoms with Crippen LogP contribution in [0.4, 0.5) is 0 Å². The van der Waals surface area contributed by atoms with Crippen molar-refractivity contribution in [3.63, 3.8) is 0 Å². The van der Waals surface area contributed by atoms with Crippen LogP contribution in [0.1, 0.15) is 26.5 Å². The Morgan fingerprint density at radius 1 is 1.39 bits per heavy atom. The molecule has 5 nitrogen and oxygen atoms in total. The summed E-state index contributed by atoms with van der Waals surface area (Å²) in [5.74, 6) is 0.702. The van der Waals surface area contributed by atoms with Crippen LogP contribution < -0.4 is 10.5 Å². The maximum Gasteiger partial charge on any atom is 0.242 e. The molecule has 1 heterocycles. The van der Waals surface area contributed by atoms with Crippen LogP contribution in [-0.2, 0) is 16.6 Å². The topological polar surface area (TPSA) is 85.1 Å². The minimum Gasteiger partial charge on any atom is -0.325 e. The van der Waals surface area contributed by atoms with E-state index in [1.54, 1.807) is 6.07 Å². The number of nitrogens with zero attached hydrogens (tertiary/aromatic N) is 1. The molecule has 0 aromatic carbocycles. The van der Waals surface area contributed by atoms with Crippen LogP contribution in [0.15, 0.2) is 23.2 Å². The Hall–Kier alpha value is -0.980. The van der Waals surface area contributed by atoms with Crippen LogP contribution in [0.5, 0.6) is 0 Å². The fraction of sp³-hybridized carbons (Fsp3) is 0.583. The average Bonchev–Trinajstić information content (AvgIpc) is 2.35. The minimum atomic E-state index is -3.52. The van der Waals surface area contributed by atoms with Gasteiger partial charge in [-0.3, -0.25) is 4.98 Å². The lowest BCUT2D eigenvalue weighted by molar-refractivity contribution is 0.414. The number of hydrogen-bond donors (Lipinski definition) is 2. The first-order chi connectivity index (χ1) is 8.38. The Balaban J connectivity index is 2.87. The molecule has 0 amide bonds. The van der Waals surface area contributed by atoms with Gasteiger partial charge in [0.1, 0.15) is 4.90 Å². The molecule has 0 bridgehead atoms. The van der Waals surface area contributed by atoms with E-state index < -0.39 is 10.0 Å². The summed E-state index contributed by atoms with van der Waals surface area (Å²) in [7, 11) is -3.52. The second-order valence-corrected chi connectivity index (χ2v) is 6.46. The van der Waals surface area contributed by atoms with Gasteiger partial charge in [-0.25, -0.2) is 13.1 Å². The zero-order valence-electron chi connectivity index (χ0n) is 11.1. The van der Waals surface area contributed by atoms with Crippen LogP contribution >= 0.6 is 0 Å². The lowest BCUT2D eigenvalue weighted by atomic mass is 9.99. The SMILES string of the molecule is CC(C)C(C)CNS(=O)(=O)c1cccnc1CN. The van der Waals surface area contributed by atoms with Crippen molar-refractivity contribution in [1.29, 1.82) is 0 Å². The van der Waals surface area contributed by atoms with Crippen molar-refractivity contribution < 1.29 is 8.42 Å². The summed E-state index contributed by atoms with van der Waals surface area (Å²) in [4.78, 5) is 4.15. The first kappa shape index (κ1) is 15.1. The number of nitrogens with one attached hydrogen (secondary N) is 1. The minimum absolute atomic E-state index is 0.108. The number of nitrogens with two attached hydrogens (primary N) is 1. The van der Waals surface area contributed by atoms with Gasteiger partial charge in [0.2, 0.25) is 10.0 Å². The molecular formula is C12H21N3O2S. The molecule has 0 aliphatic heterocycles. The molecule has 0 spiro atoms. The lowest BCUT2D eigenvalue weighted by Gasteiger charge is -2.16. The Labute approximate surface area is 109 Å². The highest BCUT2D eigenvalue weighted by atomic mass is 32.2. The van der Waals surface area contributed by atoms with E-state index in [1.807, 2.05) is 6.92 Å². The molecule has 1 aromatic rings. The third kappa shape index (κ3) is 3.76. The summed E-state index contributed by atoms with van der Waals surface area (Å²) in [5.41, 5.74) is 5.89. The predicted octanol–water partition coefficient (Wildman–Crippen LogP) is 1.11. The van der Waals surface area contributed by atoms with Crippen molar-refractivity contribution in [3.8, 4) is 0 Å². The first-order valence-corrected chi connectivity index (χ1v) is 7.50. The number of sulfonamides is 1. The highest BCUT2D eigenvalue weighted by Crippen LogP contribution is 2.14. The highest BCUT2D eigenvalue weighted by Gasteiger charge is 2.19. The van der Waals surface area contributed by atoms with Crippen molar-refractivity contribution in [2.75, 3.05) is 6.54 Å². The number of rotatable bonds is 6. The normalized spacial score (nSPS) is 13.8. The van der Waals surface area contributed by atoms with Crippen LogP contribution in [0, 0.1) is 11.8 Å². The van der Waals surface area contributed by atoms with E-state index in [2.05, 4.69) is 23.6 Å². The third-order valence-corrected chi connectivity index (χ3v) is 4.56. The Bertz CT molecular complexity index is 486. The largest absolute Gasteiger partial charge is 0.325 e. The van der Waals surface area contributed by atoms with Crippen molar-refractivity contribution in [1.82, 2.24) is 9.71 Å². The van der Waals surface area contributed by atoms with E-state index in [9.17, 15) is 8.42 Å². The van der Waals surface area contributed by atoms with E-state index in [1.165, 1.54) is 12.3 Å². The zero-order valence-corrected chi connectivity index (χ0v) is 11.9. The second kappa shape index (κ2) is 6.26. The molecule has 0 saturated carbocycles. The second-order valence-electron chi connectivity index (χ2n) is 4.73. The van der Waals surface area contributed by atoms with Crippen molar-refractivity contribution in [3.05, 3.63) is 24.0 Å². The summed E-state index contributed by atoms with van der Waals surface area (Å²) >= 11 is 0. The van der Waals surface area contributed by atoms with Crippen LogP contribution in [0.3, 0.4) is 0 Å². The van der Waals surface area contributed by atoms with Gasteiger partial charge in [-0.15, -0.1) is 0 Å². The quantitative estimate of drug-likeness (QED) is 0.811. The summed E-state index contributed by atoms with van der Waals surface area (Å²) in [6.07, 6.45) is 1.54. The summed E-state index contributed by atoms with van der Waals surface area (Å²) in [6.45, 7) is 6.67. The first-order valence-electron chi connectivity index (χ1n) is 6.02. The lowest BCUT2D eigenvalue weighted by Crippen LogP contribution is -2.31.